The number of benzene rings is 2. The molecule has 0 N–H and O–H groups in total. The summed E-state index contributed by atoms with van der Waals surface area (Å²) in [5.74, 6) is 1.52. The average molecular weight is 370 g/mol. The van der Waals surface area contributed by atoms with Crippen molar-refractivity contribution in [3.63, 3.8) is 0 Å². The zero-order chi connectivity index (χ0) is 16.4. The second-order valence-corrected chi connectivity index (χ2v) is 8.58. The molecule has 0 saturated carbocycles. The maximum atomic E-state index is 12.9. The van der Waals surface area contributed by atoms with Gasteiger partial charge >= 0.3 is 0 Å². The van der Waals surface area contributed by atoms with Crippen molar-refractivity contribution in [3.8, 4) is 5.75 Å². The van der Waals surface area contributed by atoms with Crippen molar-refractivity contribution >= 4 is 33.4 Å². The van der Waals surface area contributed by atoms with Crippen LogP contribution in [0.3, 0.4) is 0 Å². The molecule has 1 saturated heterocycles. The minimum atomic E-state index is -3.55. The van der Waals surface area contributed by atoms with Gasteiger partial charge in [-0.05, 0) is 42.0 Å². The second kappa shape index (κ2) is 6.73. The van der Waals surface area contributed by atoms with Gasteiger partial charge in [0.15, 0.2) is 0 Å². The SMILES string of the molecule is COc1ccc(C2SCCN2S(=O)(=O)c2ccc(Cl)cc2)cc1. The lowest BCUT2D eigenvalue weighted by molar-refractivity contribution is 0.413. The van der Waals surface area contributed by atoms with Gasteiger partial charge in [-0.3, -0.25) is 0 Å². The molecule has 0 aromatic heterocycles. The highest BCUT2D eigenvalue weighted by molar-refractivity contribution is 8.01. The quantitative estimate of drug-likeness (QED) is 0.822. The van der Waals surface area contributed by atoms with Gasteiger partial charge in [0, 0.05) is 17.3 Å². The molecule has 3 rings (SSSR count). The fraction of sp³-hybridized carbons (Fsp3) is 0.250. The molecule has 0 radical (unpaired) electrons. The van der Waals surface area contributed by atoms with Gasteiger partial charge in [-0.25, -0.2) is 8.42 Å². The molecule has 0 spiro atoms. The molecule has 1 atom stereocenters. The number of hydrogen-bond acceptors (Lipinski definition) is 4. The molecule has 4 nitrogen and oxygen atoms in total. The lowest BCUT2D eigenvalue weighted by Crippen LogP contribution is -2.30. The van der Waals surface area contributed by atoms with E-state index in [1.54, 1.807) is 47.4 Å². The van der Waals surface area contributed by atoms with Crippen LogP contribution >= 0.6 is 23.4 Å². The molecular weight excluding hydrogens is 354 g/mol. The van der Waals surface area contributed by atoms with Crippen molar-refractivity contribution in [3.05, 3.63) is 59.1 Å². The Bertz CT molecular complexity index is 776. The highest BCUT2D eigenvalue weighted by Gasteiger charge is 2.36. The van der Waals surface area contributed by atoms with Crippen molar-refractivity contribution in [1.29, 1.82) is 0 Å². The molecule has 0 amide bonds. The third-order valence-electron chi connectivity index (χ3n) is 3.67. The Balaban J connectivity index is 1.92. The Morgan fingerprint density at radius 2 is 1.78 bits per heavy atom. The number of thioether (sulfide) groups is 1. The smallest absolute Gasteiger partial charge is 0.244 e. The average Bonchev–Trinajstić information content (AvgIpc) is 3.06. The van der Waals surface area contributed by atoms with Gasteiger partial charge in [0.1, 0.15) is 5.75 Å². The van der Waals surface area contributed by atoms with Gasteiger partial charge in [-0.2, -0.15) is 4.31 Å². The van der Waals surface area contributed by atoms with Crippen LogP contribution in [0.4, 0.5) is 0 Å². The molecule has 0 aliphatic carbocycles. The Morgan fingerprint density at radius 1 is 1.13 bits per heavy atom. The van der Waals surface area contributed by atoms with Crippen LogP contribution in [0.15, 0.2) is 53.4 Å². The summed E-state index contributed by atoms with van der Waals surface area (Å²) in [4.78, 5) is 0.267. The van der Waals surface area contributed by atoms with E-state index in [4.69, 9.17) is 16.3 Å². The minimum absolute atomic E-state index is 0.221. The van der Waals surface area contributed by atoms with Gasteiger partial charge < -0.3 is 4.74 Å². The highest BCUT2D eigenvalue weighted by Crippen LogP contribution is 2.41. The molecule has 1 unspecified atom stereocenters. The molecule has 2 aromatic carbocycles. The maximum absolute atomic E-state index is 12.9. The van der Waals surface area contributed by atoms with Crippen molar-refractivity contribution in [2.45, 2.75) is 10.3 Å². The number of methoxy groups -OCH3 is 1. The standard InChI is InChI=1S/C16H16ClNO3S2/c1-21-14-6-2-12(3-7-14)16-18(10-11-22-16)23(19,20)15-8-4-13(17)5-9-15/h2-9,16H,10-11H2,1H3. The van der Waals surface area contributed by atoms with Crippen LogP contribution in [-0.4, -0.2) is 32.1 Å². The number of halogens is 1. The fourth-order valence-corrected chi connectivity index (χ4v) is 5.84. The van der Waals surface area contributed by atoms with Gasteiger partial charge in [0.05, 0.1) is 17.4 Å². The van der Waals surface area contributed by atoms with E-state index in [1.807, 2.05) is 24.3 Å². The molecule has 1 aliphatic heterocycles. The highest BCUT2D eigenvalue weighted by atomic mass is 35.5. The number of hydrogen-bond donors (Lipinski definition) is 0. The van der Waals surface area contributed by atoms with E-state index >= 15 is 0 Å². The fourth-order valence-electron chi connectivity index (χ4n) is 2.47. The van der Waals surface area contributed by atoms with Crippen LogP contribution in [-0.2, 0) is 10.0 Å². The Hall–Kier alpha value is -1.21. The topological polar surface area (TPSA) is 46.6 Å². The summed E-state index contributed by atoms with van der Waals surface area (Å²) in [6.45, 7) is 0.492. The van der Waals surface area contributed by atoms with E-state index in [9.17, 15) is 8.42 Å². The predicted molar refractivity (Wildman–Crippen MR) is 93.5 cm³/mol. The monoisotopic (exact) mass is 369 g/mol. The van der Waals surface area contributed by atoms with E-state index in [1.165, 1.54) is 0 Å². The predicted octanol–water partition coefficient (Wildman–Crippen LogP) is 3.78. The van der Waals surface area contributed by atoms with Crippen LogP contribution in [0.5, 0.6) is 5.75 Å². The Kier molecular flexibility index (Phi) is 4.87. The van der Waals surface area contributed by atoms with E-state index in [-0.39, 0.29) is 10.3 Å². The summed E-state index contributed by atoms with van der Waals surface area (Å²) in [5.41, 5.74) is 0.950. The van der Waals surface area contributed by atoms with Gasteiger partial charge in [-0.1, -0.05) is 23.7 Å². The first-order valence-electron chi connectivity index (χ1n) is 7.05. The lowest BCUT2D eigenvalue weighted by Gasteiger charge is -2.23. The summed E-state index contributed by atoms with van der Waals surface area (Å²) >= 11 is 7.47. The summed E-state index contributed by atoms with van der Waals surface area (Å²) in [6.07, 6.45) is 0. The molecule has 0 bridgehead atoms. The summed E-state index contributed by atoms with van der Waals surface area (Å²) < 4.78 is 32.5. The van der Waals surface area contributed by atoms with E-state index in [0.29, 0.717) is 11.6 Å². The molecule has 23 heavy (non-hydrogen) atoms. The maximum Gasteiger partial charge on any atom is 0.244 e. The summed E-state index contributed by atoms with van der Waals surface area (Å²) in [6, 6.07) is 13.8. The minimum Gasteiger partial charge on any atom is -0.497 e. The third-order valence-corrected chi connectivity index (χ3v) is 7.19. The van der Waals surface area contributed by atoms with Gasteiger partial charge in [0.2, 0.25) is 10.0 Å². The normalized spacial score (nSPS) is 19.0. The molecule has 1 aliphatic rings. The first-order chi connectivity index (χ1) is 11.0. The molecule has 1 fully saturated rings. The van der Waals surface area contributed by atoms with E-state index in [2.05, 4.69) is 0 Å². The number of nitrogens with zero attached hydrogens (tertiary/aromatic N) is 1. The molecular formula is C16H16ClNO3S2. The first-order valence-corrected chi connectivity index (χ1v) is 9.92. The van der Waals surface area contributed by atoms with Crippen molar-refractivity contribution in [2.24, 2.45) is 0 Å². The van der Waals surface area contributed by atoms with Crippen LogP contribution in [0, 0.1) is 0 Å². The number of sulfonamides is 1. The van der Waals surface area contributed by atoms with Crippen molar-refractivity contribution in [1.82, 2.24) is 4.31 Å². The largest absolute Gasteiger partial charge is 0.497 e. The van der Waals surface area contributed by atoms with Crippen LogP contribution in [0.25, 0.3) is 0 Å². The molecule has 2 aromatic rings. The van der Waals surface area contributed by atoms with Crippen LogP contribution in [0.1, 0.15) is 10.9 Å². The van der Waals surface area contributed by atoms with Gasteiger partial charge in [0.25, 0.3) is 0 Å². The van der Waals surface area contributed by atoms with E-state index < -0.39 is 10.0 Å². The Labute approximate surface area is 145 Å². The zero-order valence-corrected chi connectivity index (χ0v) is 14.9. The first kappa shape index (κ1) is 16.6. The lowest BCUT2D eigenvalue weighted by atomic mass is 10.2. The van der Waals surface area contributed by atoms with E-state index in [0.717, 1.165) is 17.1 Å². The molecule has 122 valence electrons. The van der Waals surface area contributed by atoms with Crippen molar-refractivity contribution in [2.75, 3.05) is 19.4 Å². The van der Waals surface area contributed by atoms with Crippen LogP contribution < -0.4 is 4.74 Å². The summed E-state index contributed by atoms with van der Waals surface area (Å²) in [7, 11) is -1.94. The molecule has 1 heterocycles. The van der Waals surface area contributed by atoms with Gasteiger partial charge in [-0.15, -0.1) is 11.8 Å². The van der Waals surface area contributed by atoms with Crippen molar-refractivity contribution < 1.29 is 13.2 Å². The number of ether oxygens (including phenoxy) is 1. The van der Waals surface area contributed by atoms with Crippen LogP contribution in [0.2, 0.25) is 5.02 Å². The third kappa shape index (κ3) is 3.35. The Morgan fingerprint density at radius 3 is 2.39 bits per heavy atom. The summed E-state index contributed by atoms with van der Waals surface area (Å²) in [5, 5.41) is 0.299. The zero-order valence-electron chi connectivity index (χ0n) is 12.5. The number of rotatable bonds is 4. The second-order valence-electron chi connectivity index (χ2n) is 5.07. The molecule has 7 heteroatoms.